The minimum Gasteiger partial charge on any atom is -0.370 e. The van der Waals surface area contributed by atoms with E-state index < -0.39 is 0 Å². The van der Waals surface area contributed by atoms with Crippen LogP contribution >= 0.6 is 15.9 Å². The maximum atomic E-state index is 13.1. The summed E-state index contributed by atoms with van der Waals surface area (Å²) in [7, 11) is 0. The van der Waals surface area contributed by atoms with Gasteiger partial charge in [-0.3, -0.25) is 14.4 Å². The van der Waals surface area contributed by atoms with Crippen LogP contribution in [0.4, 0.5) is 0 Å². The Kier molecular flexibility index (Phi) is 6.52. The number of benzene rings is 1. The standard InChI is InChI=1S/C20H26BrN3O3/c21-16-8-6-15(7-9-16)19(26)24-12-2-4-17(24)20(27)23-11-1-3-14(13-23)5-10-18(22)25/h6-9,14,17H,1-5,10-13H2,(H2,22,25). The number of carbonyl (C=O) groups excluding carboxylic acids is 3. The predicted octanol–water partition coefficient (Wildman–Crippen LogP) is 2.56. The van der Waals surface area contributed by atoms with Crippen molar-refractivity contribution in [1.29, 1.82) is 0 Å². The number of hydrogen-bond donors (Lipinski definition) is 1. The van der Waals surface area contributed by atoms with E-state index in [0.29, 0.717) is 37.4 Å². The van der Waals surface area contributed by atoms with Gasteiger partial charge in [0.2, 0.25) is 11.8 Å². The summed E-state index contributed by atoms with van der Waals surface area (Å²) in [6, 6.07) is 6.87. The highest BCUT2D eigenvalue weighted by Crippen LogP contribution is 2.26. The molecule has 7 heteroatoms. The molecule has 2 saturated heterocycles. The molecule has 2 N–H and O–H groups in total. The number of piperidine rings is 1. The summed E-state index contributed by atoms with van der Waals surface area (Å²) in [5, 5.41) is 0. The molecule has 3 rings (SSSR count). The first-order valence-electron chi connectivity index (χ1n) is 9.59. The summed E-state index contributed by atoms with van der Waals surface area (Å²) in [6.45, 7) is 2.00. The zero-order valence-corrected chi connectivity index (χ0v) is 17.0. The molecule has 2 heterocycles. The smallest absolute Gasteiger partial charge is 0.254 e. The number of primary amides is 1. The van der Waals surface area contributed by atoms with Crippen LogP contribution in [0.1, 0.15) is 48.9 Å². The molecule has 1 aromatic rings. The first kappa shape index (κ1) is 19.9. The van der Waals surface area contributed by atoms with Crippen molar-refractivity contribution < 1.29 is 14.4 Å². The molecular weight excluding hydrogens is 410 g/mol. The molecule has 2 aliphatic rings. The number of rotatable bonds is 5. The van der Waals surface area contributed by atoms with Crippen molar-refractivity contribution in [2.75, 3.05) is 19.6 Å². The fraction of sp³-hybridized carbons (Fsp3) is 0.550. The minimum atomic E-state index is -0.379. The van der Waals surface area contributed by atoms with Gasteiger partial charge >= 0.3 is 0 Å². The second-order valence-corrected chi connectivity index (χ2v) is 8.38. The molecule has 2 fully saturated rings. The SMILES string of the molecule is NC(=O)CCC1CCCN(C(=O)C2CCCN2C(=O)c2ccc(Br)cc2)C1. The average Bonchev–Trinajstić information content (AvgIpc) is 3.16. The van der Waals surface area contributed by atoms with Crippen molar-refractivity contribution in [2.45, 2.75) is 44.6 Å². The second-order valence-electron chi connectivity index (χ2n) is 7.46. The van der Waals surface area contributed by atoms with Gasteiger partial charge < -0.3 is 15.5 Å². The summed E-state index contributed by atoms with van der Waals surface area (Å²) in [6.07, 6.45) is 4.60. The van der Waals surface area contributed by atoms with E-state index in [4.69, 9.17) is 5.73 Å². The number of nitrogens with two attached hydrogens (primary N) is 1. The first-order chi connectivity index (χ1) is 13.0. The fourth-order valence-corrected chi connectivity index (χ4v) is 4.35. The van der Waals surface area contributed by atoms with Gasteiger partial charge in [-0.05, 0) is 62.3 Å². The third-order valence-corrected chi connectivity index (χ3v) is 6.05. The largest absolute Gasteiger partial charge is 0.370 e. The highest BCUT2D eigenvalue weighted by Gasteiger charge is 2.38. The molecule has 146 valence electrons. The van der Waals surface area contributed by atoms with Crippen molar-refractivity contribution in [2.24, 2.45) is 11.7 Å². The van der Waals surface area contributed by atoms with E-state index in [1.54, 1.807) is 17.0 Å². The molecule has 0 saturated carbocycles. The predicted molar refractivity (Wildman–Crippen MR) is 106 cm³/mol. The third-order valence-electron chi connectivity index (χ3n) is 5.52. The Morgan fingerprint density at radius 2 is 1.78 bits per heavy atom. The van der Waals surface area contributed by atoms with Crippen molar-refractivity contribution in [3.05, 3.63) is 34.3 Å². The van der Waals surface area contributed by atoms with Crippen molar-refractivity contribution in [3.63, 3.8) is 0 Å². The number of amides is 3. The number of carbonyl (C=O) groups is 3. The van der Waals surface area contributed by atoms with Crippen molar-refractivity contribution >= 4 is 33.7 Å². The van der Waals surface area contributed by atoms with Crippen LogP contribution in [0.2, 0.25) is 0 Å². The van der Waals surface area contributed by atoms with E-state index in [-0.39, 0.29) is 23.8 Å². The molecular formula is C20H26BrN3O3. The average molecular weight is 436 g/mol. The van der Waals surface area contributed by atoms with Crippen LogP contribution in [-0.4, -0.2) is 53.2 Å². The Balaban J connectivity index is 1.65. The lowest BCUT2D eigenvalue weighted by atomic mass is 9.92. The fourth-order valence-electron chi connectivity index (χ4n) is 4.08. The zero-order chi connectivity index (χ0) is 19.4. The molecule has 27 heavy (non-hydrogen) atoms. The van der Waals surface area contributed by atoms with Gasteiger partial charge in [0.25, 0.3) is 5.91 Å². The molecule has 0 radical (unpaired) electrons. The van der Waals surface area contributed by atoms with Crippen LogP contribution in [-0.2, 0) is 9.59 Å². The van der Waals surface area contributed by atoms with Crippen LogP contribution in [0.25, 0.3) is 0 Å². The van der Waals surface area contributed by atoms with Crippen LogP contribution in [0, 0.1) is 5.92 Å². The van der Waals surface area contributed by atoms with Crippen molar-refractivity contribution in [1.82, 2.24) is 9.80 Å². The summed E-state index contributed by atoms with van der Waals surface area (Å²) < 4.78 is 0.920. The zero-order valence-electron chi connectivity index (χ0n) is 15.4. The molecule has 0 spiro atoms. The molecule has 1 aromatic carbocycles. The van der Waals surface area contributed by atoms with E-state index in [1.165, 1.54) is 0 Å². The van der Waals surface area contributed by atoms with Crippen LogP contribution in [0.15, 0.2) is 28.7 Å². The normalized spacial score (nSPS) is 22.7. The third kappa shape index (κ3) is 4.89. The Morgan fingerprint density at radius 1 is 1.07 bits per heavy atom. The highest BCUT2D eigenvalue weighted by molar-refractivity contribution is 9.10. The van der Waals surface area contributed by atoms with E-state index in [2.05, 4.69) is 15.9 Å². The summed E-state index contributed by atoms with van der Waals surface area (Å²) in [5.41, 5.74) is 5.86. The number of halogens is 1. The van der Waals surface area contributed by atoms with Crippen molar-refractivity contribution in [3.8, 4) is 0 Å². The lowest BCUT2D eigenvalue weighted by Crippen LogP contribution is -2.50. The van der Waals surface area contributed by atoms with Gasteiger partial charge in [0, 0.05) is 36.1 Å². The van der Waals surface area contributed by atoms with Gasteiger partial charge in [0.15, 0.2) is 0 Å². The van der Waals surface area contributed by atoms with Gasteiger partial charge in [-0.2, -0.15) is 0 Å². The lowest BCUT2D eigenvalue weighted by Gasteiger charge is -2.36. The molecule has 6 nitrogen and oxygen atoms in total. The topological polar surface area (TPSA) is 83.7 Å². The summed E-state index contributed by atoms with van der Waals surface area (Å²) >= 11 is 3.38. The lowest BCUT2D eigenvalue weighted by molar-refractivity contribution is -0.137. The molecule has 0 bridgehead atoms. The first-order valence-corrected chi connectivity index (χ1v) is 10.4. The van der Waals surface area contributed by atoms with Crippen LogP contribution < -0.4 is 5.73 Å². The van der Waals surface area contributed by atoms with E-state index >= 15 is 0 Å². The molecule has 2 unspecified atom stereocenters. The summed E-state index contributed by atoms with van der Waals surface area (Å²) in [5.74, 6) is -0.0184. The van der Waals surface area contributed by atoms with Gasteiger partial charge in [-0.1, -0.05) is 15.9 Å². The van der Waals surface area contributed by atoms with E-state index in [1.807, 2.05) is 17.0 Å². The maximum Gasteiger partial charge on any atom is 0.254 e. The Bertz CT molecular complexity index is 707. The number of nitrogens with zero attached hydrogens (tertiary/aromatic N) is 2. The Morgan fingerprint density at radius 3 is 2.48 bits per heavy atom. The molecule has 0 aromatic heterocycles. The van der Waals surface area contributed by atoms with E-state index in [9.17, 15) is 14.4 Å². The second kappa shape index (κ2) is 8.87. The summed E-state index contributed by atoms with van der Waals surface area (Å²) in [4.78, 5) is 40.6. The maximum absolute atomic E-state index is 13.1. The van der Waals surface area contributed by atoms with Gasteiger partial charge in [0.05, 0.1) is 0 Å². The molecule has 2 aliphatic heterocycles. The number of hydrogen-bond acceptors (Lipinski definition) is 3. The van der Waals surface area contributed by atoms with Gasteiger partial charge in [0.1, 0.15) is 6.04 Å². The Labute approximate surface area is 168 Å². The minimum absolute atomic E-state index is 0.0433. The molecule has 3 amide bonds. The molecule has 0 aliphatic carbocycles. The quantitative estimate of drug-likeness (QED) is 0.770. The van der Waals surface area contributed by atoms with Crippen LogP contribution in [0.3, 0.4) is 0 Å². The monoisotopic (exact) mass is 435 g/mol. The van der Waals surface area contributed by atoms with E-state index in [0.717, 1.165) is 36.7 Å². The molecule has 2 atom stereocenters. The van der Waals surface area contributed by atoms with Gasteiger partial charge in [-0.25, -0.2) is 0 Å². The highest BCUT2D eigenvalue weighted by atomic mass is 79.9. The van der Waals surface area contributed by atoms with Gasteiger partial charge in [-0.15, -0.1) is 0 Å². The Hall–Kier alpha value is -1.89. The number of likely N-dealkylation sites (tertiary alicyclic amines) is 2. The van der Waals surface area contributed by atoms with Crippen LogP contribution in [0.5, 0.6) is 0 Å².